The van der Waals surface area contributed by atoms with Crippen LogP contribution in [0.4, 0.5) is 0 Å². The van der Waals surface area contributed by atoms with Crippen LogP contribution in [-0.2, 0) is 11.3 Å². The van der Waals surface area contributed by atoms with Crippen LogP contribution in [0.1, 0.15) is 57.1 Å². The summed E-state index contributed by atoms with van der Waals surface area (Å²) >= 11 is 0. The van der Waals surface area contributed by atoms with Crippen LogP contribution in [0.15, 0.2) is 24.3 Å². The molecule has 1 amide bonds. The summed E-state index contributed by atoms with van der Waals surface area (Å²) in [6, 6.07) is 8.14. The predicted molar refractivity (Wildman–Crippen MR) is 109 cm³/mol. The number of rotatable bonds is 3. The normalized spacial score (nSPS) is 22.5. The van der Waals surface area contributed by atoms with E-state index in [9.17, 15) is 15.0 Å². The second-order valence-corrected chi connectivity index (χ2v) is 8.67. The van der Waals surface area contributed by atoms with E-state index in [4.69, 9.17) is 0 Å². The van der Waals surface area contributed by atoms with E-state index in [0.29, 0.717) is 32.2 Å². The van der Waals surface area contributed by atoms with Crippen LogP contribution in [0.5, 0.6) is 0 Å². The Morgan fingerprint density at radius 1 is 1.11 bits per heavy atom. The maximum atomic E-state index is 12.8. The van der Waals surface area contributed by atoms with Crippen LogP contribution in [0.3, 0.4) is 0 Å². The Bertz CT molecular complexity index is 721. The van der Waals surface area contributed by atoms with Crippen LogP contribution in [-0.4, -0.2) is 63.3 Å². The highest BCUT2D eigenvalue weighted by Crippen LogP contribution is 2.24. The molecule has 1 heterocycles. The molecule has 152 valence electrons. The smallest absolute Gasteiger partial charge is 0.237 e. The third-order valence-corrected chi connectivity index (χ3v) is 5.44. The van der Waals surface area contributed by atoms with Crippen molar-refractivity contribution in [3.63, 3.8) is 0 Å². The van der Waals surface area contributed by atoms with Crippen molar-refractivity contribution in [1.29, 1.82) is 0 Å². The summed E-state index contributed by atoms with van der Waals surface area (Å²) in [5.41, 5.74) is 0.923. The topological polar surface area (TPSA) is 64.0 Å². The Labute approximate surface area is 168 Å². The number of hydrogen-bond acceptors (Lipinski definition) is 4. The van der Waals surface area contributed by atoms with Gasteiger partial charge in [-0.25, -0.2) is 0 Å². The minimum absolute atomic E-state index is 0.135. The summed E-state index contributed by atoms with van der Waals surface area (Å²) in [5, 5.41) is 20.2. The first kappa shape index (κ1) is 20.9. The highest BCUT2D eigenvalue weighted by Gasteiger charge is 2.31. The molecule has 1 aliphatic heterocycles. The average Bonchev–Trinajstić information content (AvgIpc) is 2.79. The maximum Gasteiger partial charge on any atom is 0.237 e. The zero-order valence-corrected chi connectivity index (χ0v) is 17.0. The summed E-state index contributed by atoms with van der Waals surface area (Å²) in [6.45, 7) is 5.26. The Kier molecular flexibility index (Phi) is 6.77. The quantitative estimate of drug-likeness (QED) is 0.784. The number of benzene rings is 1. The molecule has 0 bridgehead atoms. The molecule has 0 radical (unpaired) electrons. The summed E-state index contributed by atoms with van der Waals surface area (Å²) < 4.78 is 0. The number of β-amino-alcohol motifs (C(OH)–C–C–N with tert-alkyl or cyclic N) is 1. The number of aliphatic hydroxyl groups excluding tert-OH is 1. The van der Waals surface area contributed by atoms with Crippen molar-refractivity contribution >= 4 is 5.91 Å². The zero-order chi connectivity index (χ0) is 20.1. The fourth-order valence-corrected chi connectivity index (χ4v) is 4.07. The Hall–Kier alpha value is -1.87. The standard InChI is InChI=1S/C23H32N2O3/c1-23(2,28)13-12-18-8-10-19(11-9-18)14-24-15-21(26)16-25(22(27)17-24)20-6-4-3-5-7-20/h8-11,20-21,26,28H,3-7,14-17H2,1-2H3/t21-/m1/s1. The van der Waals surface area contributed by atoms with Gasteiger partial charge in [-0.1, -0.05) is 43.2 Å². The molecule has 1 saturated heterocycles. The van der Waals surface area contributed by atoms with Gasteiger partial charge in [0.2, 0.25) is 5.91 Å². The molecule has 1 atom stereocenters. The third-order valence-electron chi connectivity index (χ3n) is 5.44. The minimum atomic E-state index is -1.01. The lowest BCUT2D eigenvalue weighted by atomic mass is 9.94. The van der Waals surface area contributed by atoms with Gasteiger partial charge in [-0.3, -0.25) is 9.69 Å². The van der Waals surface area contributed by atoms with Crippen molar-refractivity contribution in [2.24, 2.45) is 0 Å². The Morgan fingerprint density at radius 3 is 2.43 bits per heavy atom. The third kappa shape index (κ3) is 6.07. The van der Waals surface area contributed by atoms with Crippen molar-refractivity contribution in [3.05, 3.63) is 35.4 Å². The lowest BCUT2D eigenvalue weighted by Gasteiger charge is -2.34. The summed E-state index contributed by atoms with van der Waals surface area (Å²) in [5.74, 6) is 5.91. The number of carbonyl (C=O) groups is 1. The van der Waals surface area contributed by atoms with Crippen molar-refractivity contribution in [3.8, 4) is 11.8 Å². The molecule has 1 aromatic rings. The fourth-order valence-electron chi connectivity index (χ4n) is 4.07. The number of hydrogen-bond donors (Lipinski definition) is 2. The highest BCUT2D eigenvalue weighted by atomic mass is 16.3. The van der Waals surface area contributed by atoms with E-state index in [-0.39, 0.29) is 5.91 Å². The zero-order valence-electron chi connectivity index (χ0n) is 17.0. The molecule has 2 fully saturated rings. The first-order chi connectivity index (χ1) is 13.3. The molecule has 1 aromatic carbocycles. The van der Waals surface area contributed by atoms with Gasteiger partial charge in [-0.15, -0.1) is 0 Å². The van der Waals surface area contributed by atoms with Crippen LogP contribution in [0.2, 0.25) is 0 Å². The largest absolute Gasteiger partial charge is 0.390 e. The van der Waals surface area contributed by atoms with E-state index in [1.807, 2.05) is 34.1 Å². The van der Waals surface area contributed by atoms with E-state index in [1.54, 1.807) is 13.8 Å². The van der Waals surface area contributed by atoms with Gasteiger partial charge in [-0.05, 0) is 44.4 Å². The van der Waals surface area contributed by atoms with Gasteiger partial charge < -0.3 is 15.1 Å². The summed E-state index contributed by atoms with van der Waals surface area (Å²) in [4.78, 5) is 16.8. The first-order valence-electron chi connectivity index (χ1n) is 10.3. The van der Waals surface area contributed by atoms with Crippen LogP contribution in [0, 0.1) is 11.8 Å². The highest BCUT2D eigenvalue weighted by molar-refractivity contribution is 5.79. The molecule has 2 aliphatic rings. The van der Waals surface area contributed by atoms with Crippen molar-refractivity contribution in [1.82, 2.24) is 9.80 Å². The van der Waals surface area contributed by atoms with E-state index in [1.165, 1.54) is 19.3 Å². The second-order valence-electron chi connectivity index (χ2n) is 8.67. The molecule has 1 saturated carbocycles. The SMILES string of the molecule is CC(C)(O)C#Cc1ccc(CN2CC(=O)N(C3CCCCC3)C[C@H](O)C2)cc1. The van der Waals surface area contributed by atoms with Crippen LogP contribution >= 0.6 is 0 Å². The van der Waals surface area contributed by atoms with E-state index in [2.05, 4.69) is 11.8 Å². The maximum absolute atomic E-state index is 12.8. The lowest BCUT2D eigenvalue weighted by molar-refractivity contribution is -0.134. The monoisotopic (exact) mass is 384 g/mol. The Morgan fingerprint density at radius 2 is 1.79 bits per heavy atom. The van der Waals surface area contributed by atoms with Gasteiger partial charge in [0.15, 0.2) is 0 Å². The number of carbonyl (C=O) groups excluding carboxylic acids is 1. The number of nitrogens with zero attached hydrogens (tertiary/aromatic N) is 2. The van der Waals surface area contributed by atoms with Gasteiger partial charge in [0, 0.05) is 31.2 Å². The van der Waals surface area contributed by atoms with Crippen molar-refractivity contribution in [2.75, 3.05) is 19.6 Å². The van der Waals surface area contributed by atoms with Crippen molar-refractivity contribution < 1.29 is 15.0 Å². The Balaban J connectivity index is 1.62. The second kappa shape index (κ2) is 9.09. The van der Waals surface area contributed by atoms with Gasteiger partial charge in [0.1, 0.15) is 5.60 Å². The van der Waals surface area contributed by atoms with Gasteiger partial charge in [0.05, 0.1) is 12.6 Å². The number of aliphatic hydroxyl groups is 2. The molecule has 0 spiro atoms. The number of amides is 1. The molecule has 5 nitrogen and oxygen atoms in total. The molecule has 3 rings (SSSR count). The molecule has 1 aliphatic carbocycles. The molecule has 28 heavy (non-hydrogen) atoms. The molecular weight excluding hydrogens is 352 g/mol. The minimum Gasteiger partial charge on any atom is -0.390 e. The van der Waals surface area contributed by atoms with Crippen LogP contribution < -0.4 is 0 Å². The lowest BCUT2D eigenvalue weighted by Crippen LogP contribution is -2.45. The predicted octanol–water partition coefficient (Wildman–Crippen LogP) is 2.15. The molecule has 0 aromatic heterocycles. The molecule has 0 unspecified atom stereocenters. The molecule has 5 heteroatoms. The fraction of sp³-hybridized carbons (Fsp3) is 0.609. The van der Waals surface area contributed by atoms with Crippen molar-refractivity contribution in [2.45, 2.75) is 70.2 Å². The summed E-state index contributed by atoms with van der Waals surface area (Å²) in [6.07, 6.45) is 5.22. The van der Waals surface area contributed by atoms with Crippen LogP contribution in [0.25, 0.3) is 0 Å². The van der Waals surface area contributed by atoms with Gasteiger partial charge in [0.25, 0.3) is 0 Å². The molecular formula is C23H32N2O3. The van der Waals surface area contributed by atoms with E-state index in [0.717, 1.165) is 24.0 Å². The first-order valence-corrected chi connectivity index (χ1v) is 10.3. The average molecular weight is 385 g/mol. The summed E-state index contributed by atoms with van der Waals surface area (Å²) in [7, 11) is 0. The van der Waals surface area contributed by atoms with Gasteiger partial charge >= 0.3 is 0 Å². The van der Waals surface area contributed by atoms with E-state index >= 15 is 0 Å². The molecule has 2 N–H and O–H groups in total. The van der Waals surface area contributed by atoms with Gasteiger partial charge in [-0.2, -0.15) is 0 Å². The van der Waals surface area contributed by atoms with E-state index < -0.39 is 11.7 Å².